The molecule has 6 heteroatoms. The predicted octanol–water partition coefficient (Wildman–Crippen LogP) is 1.75. The van der Waals surface area contributed by atoms with E-state index in [1.54, 1.807) is 18.4 Å². The van der Waals surface area contributed by atoms with Gasteiger partial charge in [0.1, 0.15) is 0 Å². The Labute approximate surface area is 124 Å². The van der Waals surface area contributed by atoms with Crippen molar-refractivity contribution in [2.45, 2.75) is 25.7 Å². The van der Waals surface area contributed by atoms with E-state index >= 15 is 0 Å². The van der Waals surface area contributed by atoms with E-state index in [0.717, 1.165) is 6.54 Å². The molecule has 0 saturated heterocycles. The average Bonchev–Trinajstić information content (AvgIpc) is 2.97. The molecule has 20 heavy (non-hydrogen) atoms. The molecule has 1 aromatic rings. The van der Waals surface area contributed by atoms with Gasteiger partial charge < -0.3 is 15.4 Å². The van der Waals surface area contributed by atoms with Gasteiger partial charge >= 0.3 is 5.97 Å². The van der Waals surface area contributed by atoms with Gasteiger partial charge in [0.15, 0.2) is 5.96 Å². The molecule has 0 aromatic carbocycles. The van der Waals surface area contributed by atoms with Gasteiger partial charge in [-0.3, -0.25) is 9.79 Å². The Kier molecular flexibility index (Phi) is 6.51. The first-order chi connectivity index (χ1) is 9.49. The number of nitrogens with one attached hydrogen (secondary N) is 2. The van der Waals surface area contributed by atoms with Gasteiger partial charge in [-0.2, -0.15) is 0 Å². The van der Waals surface area contributed by atoms with Crippen molar-refractivity contribution in [3.8, 4) is 0 Å². The molecule has 0 bridgehead atoms. The second kappa shape index (κ2) is 7.89. The molecule has 0 aliphatic rings. The SMILES string of the molecule is CN=C(NCCC(=O)OC)NCC(C)(C)c1cccs1. The minimum absolute atomic E-state index is 0.0358. The normalized spacial score (nSPS) is 12.1. The smallest absolute Gasteiger partial charge is 0.307 e. The Balaban J connectivity index is 2.40. The van der Waals surface area contributed by atoms with Gasteiger partial charge in [0.25, 0.3) is 0 Å². The number of aliphatic imine (C=N–C) groups is 1. The highest BCUT2D eigenvalue weighted by atomic mass is 32.1. The Morgan fingerprint density at radius 2 is 2.20 bits per heavy atom. The fourth-order valence-electron chi connectivity index (χ4n) is 1.66. The highest BCUT2D eigenvalue weighted by Crippen LogP contribution is 2.26. The van der Waals surface area contributed by atoms with Crippen molar-refractivity contribution < 1.29 is 9.53 Å². The van der Waals surface area contributed by atoms with Crippen LogP contribution in [0, 0.1) is 0 Å². The molecule has 1 aromatic heterocycles. The monoisotopic (exact) mass is 297 g/mol. The number of hydrogen-bond acceptors (Lipinski definition) is 4. The van der Waals surface area contributed by atoms with Crippen molar-refractivity contribution in [1.29, 1.82) is 0 Å². The van der Waals surface area contributed by atoms with Crippen LogP contribution in [0.5, 0.6) is 0 Å². The third kappa shape index (κ3) is 5.21. The molecule has 0 amide bonds. The molecule has 2 N–H and O–H groups in total. The summed E-state index contributed by atoms with van der Waals surface area (Å²) in [5.41, 5.74) is 0.0358. The van der Waals surface area contributed by atoms with Gasteiger partial charge in [0.2, 0.25) is 0 Å². The standard InChI is InChI=1S/C14H23N3O2S/c1-14(2,11-6-5-9-20-11)10-17-13(15-3)16-8-7-12(18)19-4/h5-6,9H,7-8,10H2,1-4H3,(H2,15,16,17). The molecule has 0 aliphatic heterocycles. The van der Waals surface area contributed by atoms with Crippen molar-refractivity contribution in [2.24, 2.45) is 4.99 Å². The summed E-state index contributed by atoms with van der Waals surface area (Å²) in [6.45, 7) is 5.65. The van der Waals surface area contributed by atoms with Crippen molar-refractivity contribution >= 4 is 23.3 Å². The van der Waals surface area contributed by atoms with Gasteiger partial charge in [-0.15, -0.1) is 11.3 Å². The second-order valence-corrected chi connectivity index (χ2v) is 5.99. The maximum Gasteiger partial charge on any atom is 0.307 e. The summed E-state index contributed by atoms with van der Waals surface area (Å²) < 4.78 is 4.59. The summed E-state index contributed by atoms with van der Waals surface area (Å²) in [6.07, 6.45) is 0.325. The lowest BCUT2D eigenvalue weighted by molar-refractivity contribution is -0.140. The molecule has 0 saturated carbocycles. The maximum absolute atomic E-state index is 11.0. The Morgan fingerprint density at radius 1 is 1.45 bits per heavy atom. The number of esters is 1. The fourth-order valence-corrected chi connectivity index (χ4v) is 2.51. The number of thiophene rings is 1. The van der Waals surface area contributed by atoms with Crippen LogP contribution in [0.2, 0.25) is 0 Å². The van der Waals surface area contributed by atoms with Gasteiger partial charge in [-0.1, -0.05) is 19.9 Å². The van der Waals surface area contributed by atoms with Gasteiger partial charge in [0.05, 0.1) is 13.5 Å². The lowest BCUT2D eigenvalue weighted by Crippen LogP contribution is -2.43. The molecule has 112 valence electrons. The maximum atomic E-state index is 11.0. The predicted molar refractivity (Wildman–Crippen MR) is 83.3 cm³/mol. The van der Waals surface area contributed by atoms with Gasteiger partial charge in [0, 0.05) is 30.4 Å². The number of hydrogen-bond donors (Lipinski definition) is 2. The number of ether oxygens (including phenoxy) is 1. The number of rotatable bonds is 6. The second-order valence-electron chi connectivity index (χ2n) is 5.04. The van der Waals surface area contributed by atoms with Crippen LogP contribution in [-0.2, 0) is 14.9 Å². The van der Waals surface area contributed by atoms with Crippen LogP contribution < -0.4 is 10.6 Å². The summed E-state index contributed by atoms with van der Waals surface area (Å²) in [6, 6.07) is 4.20. The Morgan fingerprint density at radius 3 is 2.75 bits per heavy atom. The summed E-state index contributed by atoms with van der Waals surface area (Å²) in [4.78, 5) is 16.5. The number of guanidine groups is 1. The lowest BCUT2D eigenvalue weighted by atomic mass is 9.91. The highest BCUT2D eigenvalue weighted by molar-refractivity contribution is 7.10. The molecule has 0 radical (unpaired) electrons. The summed E-state index contributed by atoms with van der Waals surface area (Å²) in [5, 5.41) is 8.46. The van der Waals surface area contributed by atoms with Gasteiger partial charge in [-0.25, -0.2) is 0 Å². The van der Waals surface area contributed by atoms with Crippen LogP contribution >= 0.6 is 11.3 Å². The molecule has 1 rings (SSSR count). The number of carbonyl (C=O) groups excluding carboxylic acids is 1. The summed E-state index contributed by atoms with van der Waals surface area (Å²) in [7, 11) is 3.10. The van der Waals surface area contributed by atoms with Crippen LogP contribution in [0.4, 0.5) is 0 Å². The highest BCUT2D eigenvalue weighted by Gasteiger charge is 2.21. The van der Waals surface area contributed by atoms with Crippen LogP contribution in [0.3, 0.4) is 0 Å². The topological polar surface area (TPSA) is 62.7 Å². The molecule has 0 aliphatic carbocycles. The lowest BCUT2D eigenvalue weighted by Gasteiger charge is -2.25. The van der Waals surface area contributed by atoms with E-state index in [1.807, 2.05) is 0 Å². The van der Waals surface area contributed by atoms with E-state index in [2.05, 4.69) is 51.7 Å². The Bertz CT molecular complexity index is 441. The largest absolute Gasteiger partial charge is 0.469 e. The number of methoxy groups -OCH3 is 1. The van der Waals surface area contributed by atoms with E-state index in [-0.39, 0.29) is 11.4 Å². The molecular weight excluding hydrogens is 274 g/mol. The molecule has 0 atom stereocenters. The van der Waals surface area contributed by atoms with Crippen molar-refractivity contribution in [3.05, 3.63) is 22.4 Å². The Hall–Kier alpha value is -1.56. The van der Waals surface area contributed by atoms with Crippen LogP contribution in [0.15, 0.2) is 22.5 Å². The van der Waals surface area contributed by atoms with Crippen LogP contribution in [0.25, 0.3) is 0 Å². The van der Waals surface area contributed by atoms with Crippen molar-refractivity contribution in [2.75, 3.05) is 27.2 Å². The summed E-state index contributed by atoms with van der Waals surface area (Å²) in [5.74, 6) is 0.463. The third-order valence-electron chi connectivity index (χ3n) is 2.96. The molecule has 0 unspecified atom stereocenters. The van der Waals surface area contributed by atoms with E-state index in [4.69, 9.17) is 0 Å². The van der Waals surface area contributed by atoms with Crippen LogP contribution in [-0.4, -0.2) is 39.2 Å². The van der Waals surface area contributed by atoms with E-state index < -0.39 is 0 Å². The molecule has 5 nitrogen and oxygen atoms in total. The molecule has 1 heterocycles. The quantitative estimate of drug-likeness (QED) is 0.477. The number of nitrogens with zero attached hydrogens (tertiary/aromatic N) is 1. The van der Waals surface area contributed by atoms with Gasteiger partial charge in [-0.05, 0) is 11.4 Å². The van der Waals surface area contributed by atoms with E-state index in [1.165, 1.54) is 12.0 Å². The molecular formula is C14H23N3O2S. The first-order valence-corrected chi connectivity index (χ1v) is 7.43. The van der Waals surface area contributed by atoms with Crippen molar-refractivity contribution in [3.63, 3.8) is 0 Å². The van der Waals surface area contributed by atoms with Crippen LogP contribution in [0.1, 0.15) is 25.1 Å². The number of carbonyl (C=O) groups is 1. The van der Waals surface area contributed by atoms with Crippen molar-refractivity contribution in [1.82, 2.24) is 10.6 Å². The zero-order valence-corrected chi connectivity index (χ0v) is 13.3. The minimum Gasteiger partial charge on any atom is -0.469 e. The fraction of sp³-hybridized carbons (Fsp3) is 0.571. The summed E-state index contributed by atoms with van der Waals surface area (Å²) >= 11 is 1.75. The first kappa shape index (κ1) is 16.5. The zero-order valence-electron chi connectivity index (χ0n) is 12.5. The molecule has 0 fully saturated rings. The third-order valence-corrected chi connectivity index (χ3v) is 4.19. The van der Waals surface area contributed by atoms with E-state index in [0.29, 0.717) is 18.9 Å². The first-order valence-electron chi connectivity index (χ1n) is 6.55. The minimum atomic E-state index is -0.230. The van der Waals surface area contributed by atoms with E-state index in [9.17, 15) is 4.79 Å². The zero-order chi connectivity index (χ0) is 15.0. The average molecular weight is 297 g/mol. The molecule has 0 spiro atoms.